The lowest BCUT2D eigenvalue weighted by Gasteiger charge is -2.11. The number of fused-ring (bicyclic) bond motifs is 3. The molecule has 0 saturated carbocycles. The third kappa shape index (κ3) is 4.66. The van der Waals surface area contributed by atoms with E-state index in [1.165, 1.54) is 0 Å². The Morgan fingerprint density at radius 2 is 1.53 bits per heavy atom. The van der Waals surface area contributed by atoms with Gasteiger partial charge in [0.2, 0.25) is 0 Å². The average Bonchev–Trinajstić information content (AvgIpc) is 3.85. The lowest BCUT2D eigenvalue weighted by molar-refractivity contribution is 0.722. The molecular formula is C35H32N10. The molecule has 0 spiro atoms. The van der Waals surface area contributed by atoms with Gasteiger partial charge in [-0.15, -0.1) is 10.2 Å². The Bertz CT molecular complexity index is 2310. The minimum atomic E-state index is 0.466. The van der Waals surface area contributed by atoms with Crippen LogP contribution in [0.2, 0.25) is 0 Å². The Morgan fingerprint density at radius 1 is 0.711 bits per heavy atom. The number of aromatic nitrogens is 10. The zero-order valence-electron chi connectivity index (χ0n) is 25.4. The van der Waals surface area contributed by atoms with Crippen molar-refractivity contribution in [3.8, 4) is 22.8 Å². The van der Waals surface area contributed by atoms with Crippen molar-refractivity contribution in [1.29, 1.82) is 0 Å². The summed E-state index contributed by atoms with van der Waals surface area (Å²) in [5.41, 5.74) is 10.6. The van der Waals surface area contributed by atoms with Crippen LogP contribution >= 0.6 is 0 Å². The van der Waals surface area contributed by atoms with Crippen LogP contribution in [-0.4, -0.2) is 49.3 Å². The molecule has 222 valence electrons. The summed E-state index contributed by atoms with van der Waals surface area (Å²) < 4.78 is 6.70. The number of hydrogen-bond acceptors (Lipinski definition) is 6. The van der Waals surface area contributed by atoms with E-state index in [0.717, 1.165) is 85.7 Å². The Balaban J connectivity index is 1.24. The van der Waals surface area contributed by atoms with Crippen LogP contribution in [0.25, 0.3) is 55.9 Å². The number of para-hydroxylation sites is 2. The highest BCUT2D eigenvalue weighted by Gasteiger charge is 2.19. The fourth-order valence-electron chi connectivity index (χ4n) is 6.38. The number of H-pyrrole nitrogens is 1. The van der Waals surface area contributed by atoms with Crippen LogP contribution < -0.4 is 0 Å². The van der Waals surface area contributed by atoms with Crippen molar-refractivity contribution in [2.45, 2.75) is 39.8 Å². The molecule has 8 rings (SSSR count). The van der Waals surface area contributed by atoms with Gasteiger partial charge in [-0.1, -0.05) is 60.7 Å². The highest BCUT2D eigenvalue weighted by atomic mass is 15.5. The van der Waals surface area contributed by atoms with Gasteiger partial charge in [0.15, 0.2) is 5.82 Å². The van der Waals surface area contributed by atoms with Crippen LogP contribution in [0.3, 0.4) is 0 Å². The van der Waals surface area contributed by atoms with E-state index in [4.69, 9.17) is 15.0 Å². The molecule has 0 fully saturated rings. The maximum atomic E-state index is 5.15. The van der Waals surface area contributed by atoms with Gasteiger partial charge in [-0.3, -0.25) is 0 Å². The highest BCUT2D eigenvalue weighted by molar-refractivity contribution is 5.87. The second kappa shape index (κ2) is 10.8. The third-order valence-corrected chi connectivity index (χ3v) is 8.52. The molecular weight excluding hydrogens is 560 g/mol. The smallest absolute Gasteiger partial charge is 0.194 e. The fraction of sp³-hybridized carbons (Fsp3) is 0.200. The number of aromatic amines is 1. The number of nitrogens with one attached hydrogen (secondary N) is 1. The number of hydrogen-bond donors (Lipinski definition) is 1. The first-order valence-corrected chi connectivity index (χ1v) is 15.3. The summed E-state index contributed by atoms with van der Waals surface area (Å²) in [6.45, 7) is 5.50. The first-order valence-electron chi connectivity index (χ1n) is 15.3. The van der Waals surface area contributed by atoms with E-state index in [1.807, 2.05) is 24.3 Å². The normalized spacial score (nSPS) is 11.8. The van der Waals surface area contributed by atoms with Gasteiger partial charge in [0.05, 0.1) is 39.6 Å². The molecule has 10 nitrogen and oxygen atoms in total. The molecule has 0 aliphatic carbocycles. The maximum Gasteiger partial charge on any atom is 0.194 e. The summed E-state index contributed by atoms with van der Waals surface area (Å²) >= 11 is 0. The van der Waals surface area contributed by atoms with Crippen molar-refractivity contribution in [3.05, 3.63) is 108 Å². The minimum absolute atomic E-state index is 0.466. The number of imidazole rings is 3. The van der Waals surface area contributed by atoms with Gasteiger partial charge >= 0.3 is 0 Å². The Kier molecular flexibility index (Phi) is 6.48. The van der Waals surface area contributed by atoms with Crippen LogP contribution in [0.15, 0.2) is 84.9 Å². The zero-order chi connectivity index (χ0) is 30.5. The van der Waals surface area contributed by atoms with Crippen LogP contribution in [-0.2, 0) is 26.6 Å². The molecule has 0 aliphatic rings. The lowest BCUT2D eigenvalue weighted by atomic mass is 10.1. The first-order chi connectivity index (χ1) is 22.1. The van der Waals surface area contributed by atoms with E-state index in [1.54, 1.807) is 0 Å². The molecule has 0 atom stereocenters. The van der Waals surface area contributed by atoms with Crippen molar-refractivity contribution in [2.24, 2.45) is 7.05 Å². The van der Waals surface area contributed by atoms with Crippen LogP contribution in [0.1, 0.15) is 36.1 Å². The molecule has 45 heavy (non-hydrogen) atoms. The van der Waals surface area contributed by atoms with E-state index < -0.39 is 0 Å². The Morgan fingerprint density at radius 3 is 2.33 bits per heavy atom. The lowest BCUT2D eigenvalue weighted by Crippen LogP contribution is -2.06. The van der Waals surface area contributed by atoms with Crippen molar-refractivity contribution in [3.63, 3.8) is 0 Å². The monoisotopic (exact) mass is 592 g/mol. The van der Waals surface area contributed by atoms with Gasteiger partial charge in [0, 0.05) is 31.1 Å². The van der Waals surface area contributed by atoms with Crippen LogP contribution in [0.5, 0.6) is 0 Å². The summed E-state index contributed by atoms with van der Waals surface area (Å²) in [5.74, 6) is 3.52. The molecule has 10 heteroatoms. The molecule has 0 radical (unpaired) electrons. The summed E-state index contributed by atoms with van der Waals surface area (Å²) in [6.07, 6.45) is 1.91. The van der Waals surface area contributed by atoms with Gasteiger partial charge in [-0.25, -0.2) is 15.0 Å². The number of benzene rings is 4. The van der Waals surface area contributed by atoms with E-state index in [9.17, 15) is 0 Å². The molecule has 4 heterocycles. The van der Waals surface area contributed by atoms with E-state index >= 15 is 0 Å². The minimum Gasteiger partial charge on any atom is -0.327 e. The molecule has 4 aromatic carbocycles. The molecule has 0 bridgehead atoms. The number of rotatable bonds is 8. The molecule has 0 unspecified atom stereocenters. The second-order valence-electron chi connectivity index (χ2n) is 11.5. The molecule has 0 saturated heterocycles. The summed E-state index contributed by atoms with van der Waals surface area (Å²) in [4.78, 5) is 15.3. The highest BCUT2D eigenvalue weighted by Crippen LogP contribution is 2.31. The second-order valence-corrected chi connectivity index (χ2v) is 11.5. The molecule has 0 aliphatic heterocycles. The maximum absolute atomic E-state index is 5.15. The quantitative estimate of drug-likeness (QED) is 0.216. The largest absolute Gasteiger partial charge is 0.327 e. The van der Waals surface area contributed by atoms with Crippen molar-refractivity contribution < 1.29 is 0 Å². The predicted octanol–water partition coefficient (Wildman–Crippen LogP) is 6.48. The average molecular weight is 593 g/mol. The number of nitrogens with zero attached hydrogens (tertiary/aromatic N) is 9. The Labute approximate surface area is 259 Å². The first kappa shape index (κ1) is 26.9. The van der Waals surface area contributed by atoms with Crippen molar-refractivity contribution in [1.82, 2.24) is 49.3 Å². The summed E-state index contributed by atoms with van der Waals surface area (Å²) in [6, 6.07) is 29.5. The SMILES string of the molecule is CCCc1nc2c(C)cc(-c3nc4ccccc4n3C)cc2n1Cc1ccc2c(c1)nc(-c1ccccc1)n2Cc1nn[nH]n1. The summed E-state index contributed by atoms with van der Waals surface area (Å²) in [5, 5.41) is 14.7. The van der Waals surface area contributed by atoms with Gasteiger partial charge in [0.1, 0.15) is 17.5 Å². The van der Waals surface area contributed by atoms with E-state index in [-0.39, 0.29) is 0 Å². The standard InChI is InChI=1S/C35H32N10/c1-4-10-32-38-33-22(2)17-25(34-36-26-13-8-9-14-28(26)43(34)3)19-30(33)44(32)20-23-15-16-29-27(18-23)37-35(24-11-6-5-7-12-24)45(29)21-31-39-41-42-40-31/h5-9,11-19H,4,10,20-21H2,1-3H3,(H,39,40,41,42). The van der Waals surface area contributed by atoms with Crippen molar-refractivity contribution >= 4 is 33.1 Å². The summed E-state index contributed by atoms with van der Waals surface area (Å²) in [7, 11) is 2.08. The zero-order valence-corrected chi connectivity index (χ0v) is 25.4. The molecule has 4 aromatic heterocycles. The van der Waals surface area contributed by atoms with Crippen LogP contribution in [0.4, 0.5) is 0 Å². The van der Waals surface area contributed by atoms with E-state index in [0.29, 0.717) is 18.9 Å². The predicted molar refractivity (Wildman–Crippen MR) is 176 cm³/mol. The molecule has 1 N–H and O–H groups in total. The van der Waals surface area contributed by atoms with Gasteiger partial charge < -0.3 is 13.7 Å². The number of tetrazole rings is 1. The van der Waals surface area contributed by atoms with Gasteiger partial charge in [0.25, 0.3) is 0 Å². The Hall–Kier alpha value is -5.64. The van der Waals surface area contributed by atoms with Gasteiger partial charge in [-0.05, 0) is 60.9 Å². The van der Waals surface area contributed by atoms with E-state index in [2.05, 4.69) is 116 Å². The van der Waals surface area contributed by atoms with Crippen LogP contribution in [0, 0.1) is 6.92 Å². The van der Waals surface area contributed by atoms with Crippen molar-refractivity contribution in [2.75, 3.05) is 0 Å². The molecule has 8 aromatic rings. The molecule has 0 amide bonds. The van der Waals surface area contributed by atoms with Gasteiger partial charge in [-0.2, -0.15) is 5.21 Å². The number of aryl methyl sites for hydroxylation is 3. The third-order valence-electron chi connectivity index (χ3n) is 8.52. The topological polar surface area (TPSA) is 108 Å². The fourth-order valence-corrected chi connectivity index (χ4v) is 6.38.